The third-order valence-electron chi connectivity index (χ3n) is 3.84. The predicted molar refractivity (Wildman–Crippen MR) is 109 cm³/mol. The highest BCUT2D eigenvalue weighted by molar-refractivity contribution is 7.14. The first-order valence-electron chi connectivity index (χ1n) is 9.08. The second kappa shape index (κ2) is 10.6. The van der Waals surface area contributed by atoms with Crippen molar-refractivity contribution in [2.24, 2.45) is 5.92 Å². The van der Waals surface area contributed by atoms with Crippen molar-refractivity contribution in [3.63, 3.8) is 0 Å². The Hall–Kier alpha value is -2.74. The van der Waals surface area contributed by atoms with Crippen molar-refractivity contribution in [3.8, 4) is 11.3 Å². The molecule has 2 rings (SSSR count). The molecule has 0 radical (unpaired) electrons. The van der Waals surface area contributed by atoms with Crippen molar-refractivity contribution >= 4 is 34.3 Å². The standard InChI is InChI=1S/C20H25N3O4S/c1-13(2)4-9-17(24)21-10-19(26)27-11-18(25)23-20-22-16(12-28-20)15-7-5-14(3)6-8-15/h5-8,12-13H,4,9-11H2,1-3H3,(H,21,24)(H,22,23,25). The van der Waals surface area contributed by atoms with Gasteiger partial charge < -0.3 is 10.1 Å². The van der Waals surface area contributed by atoms with Crippen molar-refractivity contribution in [2.75, 3.05) is 18.5 Å². The third kappa shape index (κ3) is 7.48. The van der Waals surface area contributed by atoms with Crippen LogP contribution in [0, 0.1) is 12.8 Å². The minimum atomic E-state index is -0.660. The van der Waals surface area contributed by atoms with Gasteiger partial charge in [-0.3, -0.25) is 19.7 Å². The molecule has 1 heterocycles. The van der Waals surface area contributed by atoms with Gasteiger partial charge in [0.25, 0.3) is 5.91 Å². The molecule has 0 saturated heterocycles. The van der Waals surface area contributed by atoms with Gasteiger partial charge in [0.15, 0.2) is 11.7 Å². The fraction of sp³-hybridized carbons (Fsp3) is 0.400. The van der Waals surface area contributed by atoms with Crippen molar-refractivity contribution in [2.45, 2.75) is 33.6 Å². The average Bonchev–Trinajstić information content (AvgIpc) is 3.12. The van der Waals surface area contributed by atoms with E-state index in [4.69, 9.17) is 4.74 Å². The fourth-order valence-electron chi connectivity index (χ4n) is 2.22. The zero-order valence-corrected chi connectivity index (χ0v) is 17.1. The molecule has 1 aromatic heterocycles. The highest BCUT2D eigenvalue weighted by Crippen LogP contribution is 2.25. The second-order valence-electron chi connectivity index (χ2n) is 6.82. The molecular weight excluding hydrogens is 378 g/mol. The maximum Gasteiger partial charge on any atom is 0.325 e. The van der Waals surface area contributed by atoms with Gasteiger partial charge in [0, 0.05) is 17.4 Å². The van der Waals surface area contributed by atoms with Gasteiger partial charge in [-0.15, -0.1) is 11.3 Å². The summed E-state index contributed by atoms with van der Waals surface area (Å²) in [5, 5.41) is 7.36. The van der Waals surface area contributed by atoms with E-state index in [1.807, 2.05) is 50.4 Å². The van der Waals surface area contributed by atoms with Crippen LogP contribution in [0.5, 0.6) is 0 Å². The molecule has 0 bridgehead atoms. The summed E-state index contributed by atoms with van der Waals surface area (Å²) in [7, 11) is 0. The predicted octanol–water partition coefficient (Wildman–Crippen LogP) is 3.15. The number of anilines is 1. The average molecular weight is 404 g/mol. The quantitative estimate of drug-likeness (QED) is 0.627. The summed E-state index contributed by atoms with van der Waals surface area (Å²) in [6.45, 7) is 5.37. The second-order valence-corrected chi connectivity index (χ2v) is 7.68. The Balaban J connectivity index is 1.71. The number of aromatic nitrogens is 1. The number of benzene rings is 1. The number of carbonyl (C=O) groups excluding carboxylic acids is 3. The van der Waals surface area contributed by atoms with Crippen molar-refractivity contribution in [1.82, 2.24) is 10.3 Å². The van der Waals surface area contributed by atoms with Crippen LogP contribution in [0.15, 0.2) is 29.6 Å². The summed E-state index contributed by atoms with van der Waals surface area (Å²) in [6, 6.07) is 7.92. The van der Waals surface area contributed by atoms with Gasteiger partial charge in [0.05, 0.1) is 5.69 Å². The van der Waals surface area contributed by atoms with Crippen LogP contribution in [0.3, 0.4) is 0 Å². The smallest absolute Gasteiger partial charge is 0.325 e. The van der Waals surface area contributed by atoms with Gasteiger partial charge in [0.2, 0.25) is 5.91 Å². The molecule has 2 aromatic rings. The highest BCUT2D eigenvalue weighted by atomic mass is 32.1. The maximum absolute atomic E-state index is 11.9. The lowest BCUT2D eigenvalue weighted by Crippen LogP contribution is -2.32. The van der Waals surface area contributed by atoms with E-state index < -0.39 is 18.5 Å². The number of nitrogens with zero attached hydrogens (tertiary/aromatic N) is 1. The highest BCUT2D eigenvalue weighted by Gasteiger charge is 2.12. The number of carbonyl (C=O) groups is 3. The van der Waals surface area contributed by atoms with Gasteiger partial charge in [0.1, 0.15) is 6.54 Å². The van der Waals surface area contributed by atoms with Gasteiger partial charge in [-0.25, -0.2) is 4.98 Å². The number of ether oxygens (including phenoxy) is 1. The van der Waals surface area contributed by atoms with E-state index in [1.165, 1.54) is 11.3 Å². The Morgan fingerprint density at radius 1 is 1.14 bits per heavy atom. The molecule has 0 aliphatic carbocycles. The van der Waals surface area contributed by atoms with Crippen LogP contribution >= 0.6 is 11.3 Å². The van der Waals surface area contributed by atoms with Crippen molar-refractivity contribution < 1.29 is 19.1 Å². The third-order valence-corrected chi connectivity index (χ3v) is 4.60. The number of amides is 2. The lowest BCUT2D eigenvalue weighted by molar-refractivity contribution is -0.147. The molecule has 8 heteroatoms. The van der Waals surface area contributed by atoms with E-state index >= 15 is 0 Å². The maximum atomic E-state index is 11.9. The van der Waals surface area contributed by atoms with Crippen LogP contribution in [0.4, 0.5) is 5.13 Å². The minimum Gasteiger partial charge on any atom is -0.454 e. The van der Waals surface area contributed by atoms with E-state index in [0.29, 0.717) is 17.5 Å². The van der Waals surface area contributed by atoms with Gasteiger partial charge in [-0.2, -0.15) is 0 Å². The molecule has 2 amide bonds. The number of nitrogens with one attached hydrogen (secondary N) is 2. The van der Waals surface area contributed by atoms with E-state index in [1.54, 1.807) is 0 Å². The monoisotopic (exact) mass is 403 g/mol. The Labute approximate surface area is 168 Å². The normalized spacial score (nSPS) is 10.6. The minimum absolute atomic E-state index is 0.207. The molecule has 0 atom stereocenters. The lowest BCUT2D eigenvalue weighted by Gasteiger charge is -2.07. The molecule has 7 nitrogen and oxygen atoms in total. The summed E-state index contributed by atoms with van der Waals surface area (Å²) in [5.41, 5.74) is 2.88. The van der Waals surface area contributed by atoms with Crippen LogP contribution in [0.25, 0.3) is 11.3 Å². The number of hydrogen-bond donors (Lipinski definition) is 2. The molecular formula is C20H25N3O4S. The Bertz CT molecular complexity index is 815. The summed E-state index contributed by atoms with van der Waals surface area (Å²) in [4.78, 5) is 39.5. The molecule has 0 saturated carbocycles. The first-order chi connectivity index (χ1) is 13.3. The molecule has 150 valence electrons. The van der Waals surface area contributed by atoms with E-state index in [9.17, 15) is 14.4 Å². The molecule has 0 aliphatic heterocycles. The molecule has 0 unspecified atom stereocenters. The zero-order valence-electron chi connectivity index (χ0n) is 16.3. The van der Waals surface area contributed by atoms with Crippen LogP contribution in [-0.4, -0.2) is 35.9 Å². The van der Waals surface area contributed by atoms with Crippen molar-refractivity contribution in [1.29, 1.82) is 0 Å². The Morgan fingerprint density at radius 2 is 1.86 bits per heavy atom. The van der Waals surface area contributed by atoms with Crippen LogP contribution in [-0.2, 0) is 19.1 Å². The van der Waals surface area contributed by atoms with Crippen LogP contribution in [0.1, 0.15) is 32.3 Å². The van der Waals surface area contributed by atoms with Crippen LogP contribution in [0.2, 0.25) is 0 Å². The summed E-state index contributed by atoms with van der Waals surface area (Å²) in [5.74, 6) is -0.933. The van der Waals surface area contributed by atoms with E-state index in [2.05, 4.69) is 15.6 Å². The van der Waals surface area contributed by atoms with Crippen molar-refractivity contribution in [3.05, 3.63) is 35.2 Å². The topological polar surface area (TPSA) is 97.4 Å². The largest absolute Gasteiger partial charge is 0.454 e. The van der Waals surface area contributed by atoms with Gasteiger partial charge in [-0.1, -0.05) is 43.7 Å². The molecule has 0 aliphatic rings. The first kappa shape index (κ1) is 21.6. The molecule has 28 heavy (non-hydrogen) atoms. The zero-order chi connectivity index (χ0) is 20.5. The van der Waals surface area contributed by atoms with Gasteiger partial charge in [-0.05, 0) is 19.3 Å². The first-order valence-corrected chi connectivity index (χ1v) is 9.96. The van der Waals surface area contributed by atoms with Crippen LogP contribution < -0.4 is 10.6 Å². The number of hydrogen-bond acceptors (Lipinski definition) is 6. The SMILES string of the molecule is Cc1ccc(-c2csc(NC(=O)COC(=O)CNC(=O)CCC(C)C)n2)cc1. The summed E-state index contributed by atoms with van der Waals surface area (Å²) >= 11 is 1.29. The van der Waals surface area contributed by atoms with Gasteiger partial charge >= 0.3 is 5.97 Å². The van der Waals surface area contributed by atoms with E-state index in [0.717, 1.165) is 23.2 Å². The molecule has 2 N–H and O–H groups in total. The Morgan fingerprint density at radius 3 is 2.54 bits per heavy atom. The fourth-order valence-corrected chi connectivity index (χ4v) is 2.96. The Kier molecular flexibility index (Phi) is 8.13. The summed E-state index contributed by atoms with van der Waals surface area (Å²) < 4.78 is 4.87. The molecule has 1 aromatic carbocycles. The number of thiazole rings is 1. The molecule has 0 fully saturated rings. The number of aryl methyl sites for hydroxylation is 1. The number of rotatable bonds is 9. The summed E-state index contributed by atoms with van der Waals surface area (Å²) in [6.07, 6.45) is 1.11. The lowest BCUT2D eigenvalue weighted by atomic mass is 10.1. The number of esters is 1. The van der Waals surface area contributed by atoms with E-state index in [-0.39, 0.29) is 12.5 Å². The molecule has 0 spiro atoms.